The minimum atomic E-state index is -0.340. The third kappa shape index (κ3) is 6.57. The molecule has 2 N–H and O–H groups in total. The van der Waals surface area contributed by atoms with E-state index in [4.69, 9.17) is 0 Å². The second kappa shape index (κ2) is 11.7. The van der Waals surface area contributed by atoms with Gasteiger partial charge in [0, 0.05) is 18.7 Å². The molecule has 1 saturated heterocycles. The maximum Gasteiger partial charge on any atom is 0.251 e. The molecule has 2 amide bonds. The smallest absolute Gasteiger partial charge is 0.251 e. The summed E-state index contributed by atoms with van der Waals surface area (Å²) in [5.41, 5.74) is 2.67. The summed E-state index contributed by atoms with van der Waals surface area (Å²) in [6, 6.07) is 16.9. The highest BCUT2D eigenvalue weighted by atomic mass is 35.5. The SMILES string of the molecule is CNCC1CCN(C(=O)CC(NC(=O)c2ccc(C)cc2)c2ccccc2)CC1.Cl. The molecule has 2 aromatic carbocycles. The van der Waals surface area contributed by atoms with Gasteiger partial charge in [-0.1, -0.05) is 48.0 Å². The fraction of sp³-hybridized carbons (Fsp3) is 0.417. The van der Waals surface area contributed by atoms with E-state index in [-0.39, 0.29) is 36.7 Å². The lowest BCUT2D eigenvalue weighted by atomic mass is 9.95. The zero-order valence-electron chi connectivity index (χ0n) is 17.8. The number of hydrogen-bond donors (Lipinski definition) is 2. The van der Waals surface area contributed by atoms with Crippen LogP contribution in [0, 0.1) is 12.8 Å². The maximum atomic E-state index is 13.0. The van der Waals surface area contributed by atoms with Gasteiger partial charge in [0.25, 0.3) is 5.91 Å². The first kappa shape index (κ1) is 23.9. The number of nitrogens with zero attached hydrogens (tertiary/aromatic N) is 1. The number of amides is 2. The summed E-state index contributed by atoms with van der Waals surface area (Å²) in [7, 11) is 1.97. The van der Waals surface area contributed by atoms with Gasteiger partial charge in [-0.15, -0.1) is 12.4 Å². The monoisotopic (exact) mass is 429 g/mol. The molecule has 5 nitrogen and oxygen atoms in total. The highest BCUT2D eigenvalue weighted by Gasteiger charge is 2.26. The third-order valence-corrected chi connectivity index (χ3v) is 5.66. The van der Waals surface area contributed by atoms with Crippen LogP contribution in [0.4, 0.5) is 0 Å². The Morgan fingerprint density at radius 3 is 2.27 bits per heavy atom. The Balaban J connectivity index is 0.00000320. The highest BCUT2D eigenvalue weighted by molar-refractivity contribution is 5.94. The van der Waals surface area contributed by atoms with Gasteiger partial charge in [0.15, 0.2) is 0 Å². The van der Waals surface area contributed by atoms with Gasteiger partial charge >= 0.3 is 0 Å². The van der Waals surface area contributed by atoms with Gasteiger partial charge in [0.2, 0.25) is 5.91 Å². The van der Waals surface area contributed by atoms with Crippen molar-refractivity contribution in [3.8, 4) is 0 Å². The molecule has 1 unspecified atom stereocenters. The molecule has 1 heterocycles. The zero-order valence-corrected chi connectivity index (χ0v) is 18.6. The summed E-state index contributed by atoms with van der Waals surface area (Å²) in [6.45, 7) is 4.57. The van der Waals surface area contributed by atoms with Crippen LogP contribution in [0.2, 0.25) is 0 Å². The quantitative estimate of drug-likeness (QED) is 0.704. The topological polar surface area (TPSA) is 61.4 Å². The van der Waals surface area contributed by atoms with Crippen LogP contribution >= 0.6 is 12.4 Å². The lowest BCUT2D eigenvalue weighted by Gasteiger charge is -2.33. The van der Waals surface area contributed by atoms with Crippen molar-refractivity contribution in [3.63, 3.8) is 0 Å². The number of hydrogen-bond acceptors (Lipinski definition) is 3. The van der Waals surface area contributed by atoms with E-state index in [2.05, 4.69) is 10.6 Å². The number of carbonyl (C=O) groups is 2. The van der Waals surface area contributed by atoms with Crippen molar-refractivity contribution in [2.45, 2.75) is 32.2 Å². The van der Waals surface area contributed by atoms with E-state index < -0.39 is 0 Å². The molecule has 0 bridgehead atoms. The number of benzene rings is 2. The molecule has 1 aliphatic heterocycles. The Labute approximate surface area is 185 Å². The van der Waals surface area contributed by atoms with Crippen molar-refractivity contribution in [3.05, 3.63) is 71.3 Å². The predicted molar refractivity (Wildman–Crippen MR) is 123 cm³/mol. The van der Waals surface area contributed by atoms with Crippen LogP contribution < -0.4 is 10.6 Å². The van der Waals surface area contributed by atoms with Crippen molar-refractivity contribution < 1.29 is 9.59 Å². The molecule has 162 valence electrons. The Kier molecular flexibility index (Phi) is 9.34. The molecule has 3 rings (SSSR count). The van der Waals surface area contributed by atoms with Crippen molar-refractivity contribution in [1.82, 2.24) is 15.5 Å². The fourth-order valence-electron chi connectivity index (χ4n) is 3.86. The average molecular weight is 430 g/mol. The summed E-state index contributed by atoms with van der Waals surface area (Å²) in [4.78, 5) is 27.7. The minimum Gasteiger partial charge on any atom is -0.345 e. The van der Waals surface area contributed by atoms with E-state index >= 15 is 0 Å². The molecule has 1 aliphatic rings. The van der Waals surface area contributed by atoms with E-state index in [1.165, 1.54) is 0 Å². The van der Waals surface area contributed by atoms with Crippen LogP contribution in [-0.2, 0) is 4.79 Å². The summed E-state index contributed by atoms with van der Waals surface area (Å²) in [5, 5.41) is 6.30. The van der Waals surface area contributed by atoms with Crippen molar-refractivity contribution in [2.24, 2.45) is 5.92 Å². The first-order chi connectivity index (χ1) is 14.1. The number of likely N-dealkylation sites (tertiary alicyclic amines) is 1. The largest absolute Gasteiger partial charge is 0.345 e. The molecular weight excluding hydrogens is 398 g/mol. The van der Waals surface area contributed by atoms with E-state index in [1.54, 1.807) is 0 Å². The molecule has 0 saturated carbocycles. The molecule has 0 radical (unpaired) electrons. The molecule has 1 atom stereocenters. The number of rotatable bonds is 7. The second-order valence-corrected chi connectivity index (χ2v) is 7.89. The standard InChI is InChI=1S/C24H31N3O2.ClH/c1-18-8-10-21(11-9-18)24(29)26-22(20-6-4-3-5-7-20)16-23(28)27-14-12-19(13-15-27)17-25-2;/h3-11,19,22,25H,12-17H2,1-2H3,(H,26,29);1H. The first-order valence-electron chi connectivity index (χ1n) is 10.4. The molecule has 30 heavy (non-hydrogen) atoms. The number of aryl methyl sites for hydroxylation is 1. The Bertz CT molecular complexity index is 803. The summed E-state index contributed by atoms with van der Waals surface area (Å²) in [6.07, 6.45) is 2.33. The van der Waals surface area contributed by atoms with Gasteiger partial charge < -0.3 is 15.5 Å². The summed E-state index contributed by atoms with van der Waals surface area (Å²) >= 11 is 0. The Morgan fingerprint density at radius 2 is 1.67 bits per heavy atom. The predicted octanol–water partition coefficient (Wildman–Crippen LogP) is 3.74. The molecular formula is C24H32ClN3O2. The van der Waals surface area contributed by atoms with Crippen LogP contribution in [0.1, 0.15) is 46.8 Å². The zero-order chi connectivity index (χ0) is 20.6. The second-order valence-electron chi connectivity index (χ2n) is 7.89. The van der Waals surface area contributed by atoms with Gasteiger partial charge in [0.1, 0.15) is 0 Å². The minimum absolute atomic E-state index is 0. The van der Waals surface area contributed by atoms with Gasteiger partial charge in [-0.3, -0.25) is 9.59 Å². The number of halogens is 1. The third-order valence-electron chi connectivity index (χ3n) is 5.66. The van der Waals surface area contributed by atoms with Crippen molar-refractivity contribution in [2.75, 3.05) is 26.7 Å². The van der Waals surface area contributed by atoms with E-state index in [1.807, 2.05) is 73.5 Å². The molecule has 0 spiro atoms. The van der Waals surface area contributed by atoms with Crippen LogP contribution in [-0.4, -0.2) is 43.4 Å². The van der Waals surface area contributed by atoms with Crippen LogP contribution in [0.3, 0.4) is 0 Å². The van der Waals surface area contributed by atoms with Gasteiger partial charge in [0.05, 0.1) is 12.5 Å². The molecule has 1 fully saturated rings. The van der Waals surface area contributed by atoms with Crippen LogP contribution in [0.5, 0.6) is 0 Å². The molecule has 2 aromatic rings. The molecule has 0 aromatic heterocycles. The van der Waals surface area contributed by atoms with Crippen molar-refractivity contribution >= 4 is 24.2 Å². The summed E-state index contributed by atoms with van der Waals surface area (Å²) in [5.74, 6) is 0.584. The van der Waals surface area contributed by atoms with E-state index in [9.17, 15) is 9.59 Å². The van der Waals surface area contributed by atoms with E-state index in [0.717, 1.165) is 43.6 Å². The van der Waals surface area contributed by atoms with Gasteiger partial charge in [-0.2, -0.15) is 0 Å². The summed E-state index contributed by atoms with van der Waals surface area (Å²) < 4.78 is 0. The maximum absolute atomic E-state index is 13.0. The average Bonchev–Trinajstić information content (AvgIpc) is 2.75. The first-order valence-corrected chi connectivity index (χ1v) is 10.4. The van der Waals surface area contributed by atoms with Crippen LogP contribution in [0.25, 0.3) is 0 Å². The molecule has 6 heteroatoms. The number of piperidine rings is 1. The van der Waals surface area contributed by atoms with Crippen molar-refractivity contribution in [1.29, 1.82) is 0 Å². The van der Waals surface area contributed by atoms with Gasteiger partial charge in [-0.25, -0.2) is 0 Å². The Morgan fingerprint density at radius 1 is 1.03 bits per heavy atom. The highest BCUT2D eigenvalue weighted by Crippen LogP contribution is 2.22. The number of nitrogens with one attached hydrogen (secondary N) is 2. The lowest BCUT2D eigenvalue weighted by molar-refractivity contribution is -0.133. The van der Waals surface area contributed by atoms with Crippen LogP contribution in [0.15, 0.2) is 54.6 Å². The number of carbonyl (C=O) groups excluding carboxylic acids is 2. The normalized spacial score (nSPS) is 15.2. The van der Waals surface area contributed by atoms with Gasteiger partial charge in [-0.05, 0) is 57.0 Å². The molecule has 0 aliphatic carbocycles. The lowest BCUT2D eigenvalue weighted by Crippen LogP contribution is -2.42. The fourth-order valence-corrected chi connectivity index (χ4v) is 3.86. The van der Waals surface area contributed by atoms with E-state index in [0.29, 0.717) is 11.5 Å². The Hall–Kier alpha value is -2.37.